The number of nitrogens with zero attached hydrogens (tertiary/aromatic N) is 2. The average molecular weight is 283 g/mol. The van der Waals surface area contributed by atoms with Gasteiger partial charge in [0.1, 0.15) is 0 Å². The Bertz CT molecular complexity index is 623. The molecule has 1 aliphatic rings. The smallest absolute Gasteiger partial charge is 0.0726 e. The van der Waals surface area contributed by atoms with Gasteiger partial charge in [0.15, 0.2) is 0 Å². The molecule has 3 heteroatoms. The number of para-hydroxylation sites is 1. The van der Waals surface area contributed by atoms with Gasteiger partial charge in [-0.15, -0.1) is 0 Å². The molecule has 0 spiro atoms. The molecule has 112 valence electrons. The van der Waals surface area contributed by atoms with Crippen LogP contribution in [0.5, 0.6) is 0 Å². The van der Waals surface area contributed by atoms with Gasteiger partial charge < -0.3 is 10.6 Å². The lowest BCUT2D eigenvalue weighted by Gasteiger charge is -2.36. The topological polar surface area (TPSA) is 42.1 Å². The summed E-state index contributed by atoms with van der Waals surface area (Å²) in [5.74, 6) is 0.827. The molecule has 3 rings (SSSR count). The van der Waals surface area contributed by atoms with Gasteiger partial charge in [-0.3, -0.25) is 4.98 Å². The van der Waals surface area contributed by atoms with Crippen LogP contribution < -0.4 is 10.6 Å². The lowest BCUT2D eigenvalue weighted by atomic mass is 9.86. The number of hydrogen-bond acceptors (Lipinski definition) is 3. The van der Waals surface area contributed by atoms with Crippen molar-refractivity contribution in [3.63, 3.8) is 0 Å². The van der Waals surface area contributed by atoms with Gasteiger partial charge >= 0.3 is 0 Å². The summed E-state index contributed by atoms with van der Waals surface area (Å²) in [7, 11) is 2.23. The Labute approximate surface area is 127 Å². The summed E-state index contributed by atoms with van der Waals surface area (Å²) in [6.07, 6.45) is 5.28. The molecule has 2 aromatic rings. The lowest BCUT2D eigenvalue weighted by Crippen LogP contribution is -2.35. The van der Waals surface area contributed by atoms with Crippen molar-refractivity contribution in [2.45, 2.75) is 45.2 Å². The number of aromatic nitrogens is 1. The maximum Gasteiger partial charge on any atom is 0.0726 e. The van der Waals surface area contributed by atoms with Crippen molar-refractivity contribution in [2.24, 2.45) is 11.7 Å². The Morgan fingerprint density at radius 2 is 2.10 bits per heavy atom. The first-order chi connectivity index (χ1) is 10.2. The van der Waals surface area contributed by atoms with Gasteiger partial charge in [0.05, 0.1) is 11.2 Å². The standard InChI is InChI=1S/C18H25N3/c1-13-6-5-7-15(10-13)21(2)18-11-14(12-19)20-17-9-4-3-8-16(17)18/h3-4,8-9,11,13,15H,5-7,10,12,19H2,1-2H3. The Hall–Kier alpha value is -1.61. The molecule has 0 radical (unpaired) electrons. The van der Waals surface area contributed by atoms with E-state index in [0.717, 1.165) is 17.1 Å². The van der Waals surface area contributed by atoms with E-state index < -0.39 is 0 Å². The third-order valence-electron chi connectivity index (χ3n) is 4.79. The van der Waals surface area contributed by atoms with Gasteiger partial charge in [-0.05, 0) is 30.9 Å². The van der Waals surface area contributed by atoms with Crippen molar-refractivity contribution in [3.05, 3.63) is 36.0 Å². The van der Waals surface area contributed by atoms with E-state index in [1.165, 1.54) is 36.8 Å². The molecule has 1 aromatic heterocycles. The molecule has 3 nitrogen and oxygen atoms in total. The molecule has 0 saturated heterocycles. The van der Waals surface area contributed by atoms with Crippen LogP contribution >= 0.6 is 0 Å². The number of hydrogen-bond donors (Lipinski definition) is 1. The third kappa shape index (κ3) is 2.88. The Morgan fingerprint density at radius 3 is 2.86 bits per heavy atom. The summed E-state index contributed by atoms with van der Waals surface area (Å²) in [4.78, 5) is 7.10. The molecule has 1 aromatic carbocycles. The number of anilines is 1. The molecule has 21 heavy (non-hydrogen) atoms. The normalized spacial score (nSPS) is 22.4. The molecule has 1 aliphatic carbocycles. The van der Waals surface area contributed by atoms with Crippen LogP contribution in [0.2, 0.25) is 0 Å². The minimum atomic E-state index is 0.493. The summed E-state index contributed by atoms with van der Waals surface area (Å²) < 4.78 is 0. The van der Waals surface area contributed by atoms with Crippen molar-refractivity contribution in [2.75, 3.05) is 11.9 Å². The Kier molecular flexibility index (Phi) is 4.11. The second-order valence-corrected chi connectivity index (χ2v) is 6.39. The zero-order valence-electron chi connectivity index (χ0n) is 13.0. The first kappa shape index (κ1) is 14.3. The first-order valence-corrected chi connectivity index (χ1v) is 8.00. The molecule has 1 heterocycles. The highest BCUT2D eigenvalue weighted by atomic mass is 15.1. The molecule has 0 aliphatic heterocycles. The van der Waals surface area contributed by atoms with Crippen LogP contribution in [0.25, 0.3) is 10.9 Å². The minimum absolute atomic E-state index is 0.493. The van der Waals surface area contributed by atoms with E-state index in [1.54, 1.807) is 0 Å². The monoisotopic (exact) mass is 283 g/mol. The molecule has 1 saturated carbocycles. The number of rotatable bonds is 3. The van der Waals surface area contributed by atoms with Gasteiger partial charge in [-0.2, -0.15) is 0 Å². The fourth-order valence-electron chi connectivity index (χ4n) is 3.56. The van der Waals surface area contributed by atoms with Crippen LogP contribution in [0.3, 0.4) is 0 Å². The fraction of sp³-hybridized carbons (Fsp3) is 0.500. The maximum atomic E-state index is 5.83. The van der Waals surface area contributed by atoms with Crippen molar-refractivity contribution < 1.29 is 0 Å². The highest BCUT2D eigenvalue weighted by molar-refractivity contribution is 5.92. The van der Waals surface area contributed by atoms with Crippen molar-refractivity contribution in [1.29, 1.82) is 0 Å². The van der Waals surface area contributed by atoms with E-state index >= 15 is 0 Å². The quantitative estimate of drug-likeness (QED) is 0.933. The van der Waals surface area contributed by atoms with Crippen molar-refractivity contribution >= 4 is 16.6 Å². The zero-order valence-corrected chi connectivity index (χ0v) is 13.0. The zero-order chi connectivity index (χ0) is 14.8. The summed E-state index contributed by atoms with van der Waals surface area (Å²) in [6, 6.07) is 11.2. The molecule has 0 bridgehead atoms. The van der Waals surface area contributed by atoms with E-state index in [2.05, 4.69) is 48.1 Å². The number of benzene rings is 1. The lowest BCUT2D eigenvalue weighted by molar-refractivity contribution is 0.337. The van der Waals surface area contributed by atoms with Crippen LogP contribution in [0.1, 0.15) is 38.3 Å². The van der Waals surface area contributed by atoms with Gasteiger partial charge in [-0.25, -0.2) is 0 Å². The van der Waals surface area contributed by atoms with E-state index in [9.17, 15) is 0 Å². The van der Waals surface area contributed by atoms with Crippen molar-refractivity contribution in [1.82, 2.24) is 4.98 Å². The molecule has 2 atom stereocenters. The second-order valence-electron chi connectivity index (χ2n) is 6.39. The maximum absolute atomic E-state index is 5.83. The molecular formula is C18H25N3. The number of nitrogens with two attached hydrogens (primary N) is 1. The molecular weight excluding hydrogens is 258 g/mol. The summed E-state index contributed by atoms with van der Waals surface area (Å²) in [5.41, 5.74) is 9.13. The highest BCUT2D eigenvalue weighted by Gasteiger charge is 2.23. The van der Waals surface area contributed by atoms with Crippen LogP contribution in [-0.4, -0.2) is 18.1 Å². The number of pyridine rings is 1. The Balaban J connectivity index is 2.01. The number of fused-ring (bicyclic) bond motifs is 1. The van der Waals surface area contributed by atoms with E-state index in [0.29, 0.717) is 12.6 Å². The fourth-order valence-corrected chi connectivity index (χ4v) is 3.56. The molecule has 2 N–H and O–H groups in total. The van der Waals surface area contributed by atoms with E-state index in [-0.39, 0.29) is 0 Å². The van der Waals surface area contributed by atoms with Gasteiger partial charge in [0, 0.05) is 30.7 Å². The predicted molar refractivity (Wildman–Crippen MR) is 89.5 cm³/mol. The highest BCUT2D eigenvalue weighted by Crippen LogP contribution is 2.33. The molecule has 0 amide bonds. The SMILES string of the molecule is CC1CCCC(N(C)c2cc(CN)nc3ccccc23)C1. The summed E-state index contributed by atoms with van der Waals surface area (Å²) >= 11 is 0. The summed E-state index contributed by atoms with van der Waals surface area (Å²) in [5, 5.41) is 1.23. The summed E-state index contributed by atoms with van der Waals surface area (Å²) in [6.45, 7) is 2.86. The van der Waals surface area contributed by atoms with Gasteiger partial charge in [0.25, 0.3) is 0 Å². The van der Waals surface area contributed by atoms with Crippen molar-refractivity contribution in [3.8, 4) is 0 Å². The second kappa shape index (κ2) is 6.02. The minimum Gasteiger partial charge on any atom is -0.371 e. The van der Waals surface area contributed by atoms with Gasteiger partial charge in [-0.1, -0.05) is 38.0 Å². The van der Waals surface area contributed by atoms with E-state index in [4.69, 9.17) is 5.73 Å². The van der Waals surface area contributed by atoms with Gasteiger partial charge in [0.2, 0.25) is 0 Å². The predicted octanol–water partition coefficient (Wildman–Crippen LogP) is 3.71. The van der Waals surface area contributed by atoms with E-state index in [1.807, 2.05) is 6.07 Å². The van der Waals surface area contributed by atoms with Crippen LogP contribution in [0, 0.1) is 5.92 Å². The Morgan fingerprint density at radius 1 is 1.29 bits per heavy atom. The van der Waals surface area contributed by atoms with Crippen LogP contribution in [0.4, 0.5) is 5.69 Å². The van der Waals surface area contributed by atoms with Crippen LogP contribution in [-0.2, 0) is 6.54 Å². The average Bonchev–Trinajstić information content (AvgIpc) is 2.53. The molecule has 1 fully saturated rings. The first-order valence-electron chi connectivity index (χ1n) is 8.00. The third-order valence-corrected chi connectivity index (χ3v) is 4.79. The largest absolute Gasteiger partial charge is 0.371 e. The molecule has 2 unspecified atom stereocenters. The van der Waals surface area contributed by atoms with Crippen LogP contribution in [0.15, 0.2) is 30.3 Å².